The standard InChI is InChI=1S/C18H23N5O/c1-13-3-5-23-16(11-20-17(23)7-13)10-19-8-14-4-6-24-18(14)15-9-21-22(2)12-15/h3,5,7,9,11-12,14,18-19H,4,6,8,10H2,1-2H3/t14-,18-/m1/s1. The minimum absolute atomic E-state index is 0.149. The molecule has 0 spiro atoms. The van der Waals surface area contributed by atoms with E-state index in [0.717, 1.165) is 31.8 Å². The zero-order valence-electron chi connectivity index (χ0n) is 14.1. The second kappa shape index (κ2) is 6.37. The number of fused-ring (bicyclic) bond motifs is 1. The van der Waals surface area contributed by atoms with Crippen LogP contribution in [0.1, 0.15) is 29.3 Å². The first-order valence-electron chi connectivity index (χ1n) is 8.44. The number of nitrogens with zero attached hydrogens (tertiary/aromatic N) is 4. The van der Waals surface area contributed by atoms with E-state index in [2.05, 4.69) is 51.3 Å². The fraction of sp³-hybridized carbons (Fsp3) is 0.444. The maximum Gasteiger partial charge on any atom is 0.137 e. The Labute approximate surface area is 141 Å². The summed E-state index contributed by atoms with van der Waals surface area (Å²) in [7, 11) is 1.94. The van der Waals surface area contributed by atoms with Crippen LogP contribution in [0.3, 0.4) is 0 Å². The van der Waals surface area contributed by atoms with Gasteiger partial charge in [-0.15, -0.1) is 0 Å². The molecule has 4 rings (SSSR count). The molecular weight excluding hydrogens is 302 g/mol. The van der Waals surface area contributed by atoms with Gasteiger partial charge in [-0.05, 0) is 31.0 Å². The van der Waals surface area contributed by atoms with Gasteiger partial charge in [0.2, 0.25) is 0 Å². The van der Waals surface area contributed by atoms with Crippen molar-refractivity contribution in [2.75, 3.05) is 13.2 Å². The highest BCUT2D eigenvalue weighted by Crippen LogP contribution is 2.33. The molecule has 0 unspecified atom stereocenters. The summed E-state index contributed by atoms with van der Waals surface area (Å²) < 4.78 is 9.90. The summed E-state index contributed by atoms with van der Waals surface area (Å²) in [6.45, 7) is 4.64. The Balaban J connectivity index is 1.39. The molecule has 1 fully saturated rings. The van der Waals surface area contributed by atoms with Crippen LogP contribution < -0.4 is 5.32 Å². The molecule has 4 heterocycles. The summed E-state index contributed by atoms with van der Waals surface area (Å²) >= 11 is 0. The number of rotatable bonds is 5. The molecular formula is C18H23N5O. The van der Waals surface area contributed by atoms with E-state index in [4.69, 9.17) is 4.74 Å². The smallest absolute Gasteiger partial charge is 0.137 e. The average Bonchev–Trinajstić information content (AvgIpc) is 3.27. The van der Waals surface area contributed by atoms with E-state index in [-0.39, 0.29) is 6.10 Å². The largest absolute Gasteiger partial charge is 0.373 e. The molecule has 0 radical (unpaired) electrons. The van der Waals surface area contributed by atoms with Crippen molar-refractivity contribution >= 4 is 5.65 Å². The summed E-state index contributed by atoms with van der Waals surface area (Å²) in [5, 5.41) is 7.84. The lowest BCUT2D eigenvalue weighted by Crippen LogP contribution is -2.25. The maximum atomic E-state index is 5.93. The van der Waals surface area contributed by atoms with Crippen molar-refractivity contribution in [2.45, 2.75) is 26.0 Å². The number of hydrogen-bond donors (Lipinski definition) is 1. The highest BCUT2D eigenvalue weighted by Gasteiger charge is 2.30. The predicted octanol–water partition coefficient (Wildman–Crippen LogP) is 2.24. The zero-order valence-corrected chi connectivity index (χ0v) is 14.1. The Morgan fingerprint density at radius 1 is 1.38 bits per heavy atom. The molecule has 6 nitrogen and oxygen atoms in total. The quantitative estimate of drug-likeness (QED) is 0.782. The molecule has 3 aromatic heterocycles. The van der Waals surface area contributed by atoms with Crippen LogP contribution in [0.2, 0.25) is 0 Å². The molecule has 6 heteroatoms. The van der Waals surface area contributed by atoms with E-state index < -0.39 is 0 Å². The van der Waals surface area contributed by atoms with Crippen LogP contribution in [0.15, 0.2) is 36.9 Å². The van der Waals surface area contributed by atoms with Crippen LogP contribution in [0.5, 0.6) is 0 Å². The lowest BCUT2D eigenvalue weighted by Gasteiger charge is -2.17. The number of aryl methyl sites for hydroxylation is 2. The molecule has 2 atom stereocenters. The maximum absolute atomic E-state index is 5.93. The van der Waals surface area contributed by atoms with Crippen LogP contribution in [0, 0.1) is 12.8 Å². The second-order valence-corrected chi connectivity index (χ2v) is 6.60. The van der Waals surface area contributed by atoms with E-state index in [0.29, 0.717) is 5.92 Å². The second-order valence-electron chi connectivity index (χ2n) is 6.60. The average molecular weight is 325 g/mol. The Morgan fingerprint density at radius 2 is 2.29 bits per heavy atom. The Morgan fingerprint density at radius 3 is 3.12 bits per heavy atom. The van der Waals surface area contributed by atoms with Crippen LogP contribution in [0.4, 0.5) is 0 Å². The van der Waals surface area contributed by atoms with Crippen molar-refractivity contribution < 1.29 is 4.74 Å². The van der Waals surface area contributed by atoms with Gasteiger partial charge in [0, 0.05) is 50.6 Å². The summed E-state index contributed by atoms with van der Waals surface area (Å²) in [4.78, 5) is 4.48. The van der Waals surface area contributed by atoms with E-state index in [1.165, 1.54) is 16.8 Å². The van der Waals surface area contributed by atoms with Crippen LogP contribution in [-0.2, 0) is 18.3 Å². The number of imidazole rings is 1. The number of ether oxygens (including phenoxy) is 1. The van der Waals surface area contributed by atoms with Crippen molar-refractivity contribution in [1.29, 1.82) is 0 Å². The normalized spacial score (nSPS) is 20.9. The minimum atomic E-state index is 0.149. The van der Waals surface area contributed by atoms with Crippen molar-refractivity contribution in [3.05, 3.63) is 53.7 Å². The summed E-state index contributed by atoms with van der Waals surface area (Å²) in [5.41, 5.74) is 4.59. The van der Waals surface area contributed by atoms with Gasteiger partial charge in [-0.1, -0.05) is 0 Å². The van der Waals surface area contributed by atoms with Gasteiger partial charge in [0.05, 0.1) is 24.2 Å². The zero-order chi connectivity index (χ0) is 16.5. The minimum Gasteiger partial charge on any atom is -0.373 e. The number of nitrogens with one attached hydrogen (secondary N) is 1. The van der Waals surface area contributed by atoms with Gasteiger partial charge < -0.3 is 14.5 Å². The fourth-order valence-corrected chi connectivity index (χ4v) is 3.45. The monoisotopic (exact) mass is 325 g/mol. The molecule has 0 aromatic carbocycles. The van der Waals surface area contributed by atoms with Gasteiger partial charge in [0.1, 0.15) is 5.65 Å². The van der Waals surface area contributed by atoms with Gasteiger partial charge in [0.25, 0.3) is 0 Å². The van der Waals surface area contributed by atoms with Crippen LogP contribution in [0.25, 0.3) is 5.65 Å². The van der Waals surface area contributed by atoms with E-state index >= 15 is 0 Å². The van der Waals surface area contributed by atoms with E-state index in [9.17, 15) is 0 Å². The molecule has 126 valence electrons. The summed E-state index contributed by atoms with van der Waals surface area (Å²) in [6.07, 6.45) is 9.23. The number of pyridine rings is 1. The molecule has 1 N–H and O–H groups in total. The number of aromatic nitrogens is 4. The fourth-order valence-electron chi connectivity index (χ4n) is 3.45. The molecule has 1 aliphatic rings. The van der Waals surface area contributed by atoms with Gasteiger partial charge in [-0.3, -0.25) is 4.68 Å². The summed E-state index contributed by atoms with van der Waals surface area (Å²) in [5.74, 6) is 0.482. The van der Waals surface area contributed by atoms with Crippen molar-refractivity contribution in [3.63, 3.8) is 0 Å². The topological polar surface area (TPSA) is 56.4 Å². The molecule has 0 bridgehead atoms. The van der Waals surface area contributed by atoms with Gasteiger partial charge in [-0.25, -0.2) is 4.98 Å². The molecule has 1 aliphatic heterocycles. The molecule has 0 saturated carbocycles. The number of hydrogen-bond acceptors (Lipinski definition) is 4. The Kier molecular flexibility index (Phi) is 4.08. The predicted molar refractivity (Wildman–Crippen MR) is 91.6 cm³/mol. The summed E-state index contributed by atoms with van der Waals surface area (Å²) in [6, 6.07) is 4.22. The van der Waals surface area contributed by atoms with Gasteiger partial charge >= 0.3 is 0 Å². The van der Waals surface area contributed by atoms with Crippen LogP contribution in [-0.4, -0.2) is 32.3 Å². The molecule has 24 heavy (non-hydrogen) atoms. The van der Waals surface area contributed by atoms with Gasteiger partial charge in [-0.2, -0.15) is 5.10 Å². The molecule has 1 saturated heterocycles. The molecule has 0 amide bonds. The SMILES string of the molecule is Cc1ccn2c(CNC[C@H]3CCO[C@H]3c3cnn(C)c3)cnc2c1. The van der Waals surface area contributed by atoms with Crippen molar-refractivity contribution in [2.24, 2.45) is 13.0 Å². The van der Waals surface area contributed by atoms with E-state index in [1.807, 2.05) is 24.1 Å². The highest BCUT2D eigenvalue weighted by molar-refractivity contribution is 5.42. The Hall–Kier alpha value is -2.18. The first kappa shape index (κ1) is 15.4. The third-order valence-corrected chi connectivity index (χ3v) is 4.73. The molecule has 0 aliphatic carbocycles. The Bertz CT molecular complexity index is 837. The van der Waals surface area contributed by atoms with Crippen molar-refractivity contribution in [1.82, 2.24) is 24.5 Å². The molecule has 3 aromatic rings. The van der Waals surface area contributed by atoms with Crippen molar-refractivity contribution in [3.8, 4) is 0 Å². The lowest BCUT2D eigenvalue weighted by atomic mass is 9.97. The lowest BCUT2D eigenvalue weighted by molar-refractivity contribution is 0.0903. The van der Waals surface area contributed by atoms with E-state index in [1.54, 1.807) is 0 Å². The first-order valence-corrected chi connectivity index (χ1v) is 8.44. The third-order valence-electron chi connectivity index (χ3n) is 4.73. The third kappa shape index (κ3) is 2.95. The first-order chi connectivity index (χ1) is 11.7. The van der Waals surface area contributed by atoms with Gasteiger partial charge in [0.15, 0.2) is 0 Å². The van der Waals surface area contributed by atoms with Crippen LogP contribution >= 0.6 is 0 Å². The highest BCUT2D eigenvalue weighted by atomic mass is 16.5.